The third-order valence-electron chi connectivity index (χ3n) is 10.4. The number of nitrogens with zero attached hydrogens (tertiary/aromatic N) is 7. The van der Waals surface area contributed by atoms with Crippen LogP contribution in [0.25, 0.3) is 0 Å². The van der Waals surface area contributed by atoms with Crippen molar-refractivity contribution in [3.05, 3.63) is 42.1 Å². The maximum absolute atomic E-state index is 14.4. The molecule has 1 amide bonds. The summed E-state index contributed by atoms with van der Waals surface area (Å²) >= 11 is 0. The standard InChI is InChI=1S/C34H51FN8O4S.ClH/c1-25(2)43(26(3)4)33(44)29-18-28(35)6-7-30(29)47-31-19-37-24-38-32(31)40-22-34(23-40)9-15-39(16-10-34)20-27-8-14-42(21-27)48(45,46)41-13-5-11-36-12-17-41;/h6-7,18-19,24-27,36H,5,8-17,20-23H2,1-4H3;1H/t27-;/m0./s1. The van der Waals surface area contributed by atoms with Crippen molar-refractivity contribution in [3.63, 3.8) is 0 Å². The number of rotatable bonds is 10. The molecule has 0 saturated carbocycles. The number of amides is 1. The van der Waals surface area contributed by atoms with Crippen molar-refractivity contribution in [3.8, 4) is 11.5 Å². The van der Waals surface area contributed by atoms with Crippen LogP contribution in [0.4, 0.5) is 10.2 Å². The van der Waals surface area contributed by atoms with Gasteiger partial charge < -0.3 is 24.8 Å². The van der Waals surface area contributed by atoms with Crippen LogP contribution in [-0.4, -0.2) is 127 Å². The van der Waals surface area contributed by atoms with Gasteiger partial charge in [0.1, 0.15) is 17.9 Å². The number of halogens is 2. The molecule has 2 aromatic rings. The maximum Gasteiger partial charge on any atom is 0.282 e. The molecule has 1 aromatic carbocycles. The zero-order valence-corrected chi connectivity index (χ0v) is 30.8. The second-order valence-electron chi connectivity index (χ2n) is 14.5. The van der Waals surface area contributed by atoms with Gasteiger partial charge in [0.2, 0.25) is 0 Å². The molecule has 0 radical (unpaired) electrons. The van der Waals surface area contributed by atoms with Crippen molar-refractivity contribution in [2.24, 2.45) is 11.3 Å². The number of benzene rings is 1. The molecular formula is C34H52ClFN8O4S. The average molecular weight is 723 g/mol. The molecule has 272 valence electrons. The van der Waals surface area contributed by atoms with Crippen molar-refractivity contribution in [2.75, 3.05) is 76.9 Å². The summed E-state index contributed by atoms with van der Waals surface area (Å²) in [5, 5.41) is 3.29. The Morgan fingerprint density at radius 3 is 2.49 bits per heavy atom. The summed E-state index contributed by atoms with van der Waals surface area (Å²) in [5.41, 5.74) is 0.359. The van der Waals surface area contributed by atoms with Crippen LogP contribution in [-0.2, 0) is 10.2 Å². The van der Waals surface area contributed by atoms with Crippen molar-refractivity contribution in [2.45, 2.75) is 65.5 Å². The molecule has 4 saturated heterocycles. The first-order chi connectivity index (χ1) is 23.0. The Hall–Kier alpha value is -2.62. The molecule has 4 aliphatic heterocycles. The van der Waals surface area contributed by atoms with Gasteiger partial charge in [0, 0.05) is 69.9 Å². The lowest BCUT2D eigenvalue weighted by molar-refractivity contribution is 0.0640. The van der Waals surface area contributed by atoms with E-state index in [9.17, 15) is 17.6 Å². The number of ether oxygens (including phenoxy) is 1. The Kier molecular flexibility index (Phi) is 12.1. The van der Waals surface area contributed by atoms with Gasteiger partial charge >= 0.3 is 0 Å². The molecule has 12 nitrogen and oxygen atoms in total. The molecule has 1 atom stereocenters. The molecule has 5 heterocycles. The lowest BCUT2D eigenvalue weighted by Crippen LogP contribution is -2.61. The van der Waals surface area contributed by atoms with Gasteiger partial charge in [-0.2, -0.15) is 17.0 Å². The average Bonchev–Trinajstić information content (AvgIpc) is 3.33. The highest BCUT2D eigenvalue weighted by atomic mass is 35.5. The number of hydrogen-bond donors (Lipinski definition) is 1. The van der Waals surface area contributed by atoms with Crippen LogP contribution in [0.2, 0.25) is 0 Å². The van der Waals surface area contributed by atoms with E-state index in [0.29, 0.717) is 50.2 Å². The number of hydrogen-bond acceptors (Lipinski definition) is 9. The normalized spacial score (nSPS) is 22.2. The summed E-state index contributed by atoms with van der Waals surface area (Å²) in [6, 6.07) is 3.90. The summed E-state index contributed by atoms with van der Waals surface area (Å²) in [6.07, 6.45) is 6.99. The number of piperidine rings is 1. The van der Waals surface area contributed by atoms with E-state index in [1.54, 1.807) is 19.7 Å². The van der Waals surface area contributed by atoms with Gasteiger partial charge in [0.25, 0.3) is 16.1 Å². The van der Waals surface area contributed by atoms with Gasteiger partial charge in [0.05, 0.1) is 11.8 Å². The van der Waals surface area contributed by atoms with E-state index in [1.807, 2.05) is 27.7 Å². The van der Waals surface area contributed by atoms with Gasteiger partial charge in [-0.25, -0.2) is 14.4 Å². The molecule has 0 aliphatic carbocycles. The second-order valence-corrected chi connectivity index (χ2v) is 16.5. The number of carbonyl (C=O) groups excluding carboxylic acids is 1. The van der Waals surface area contributed by atoms with E-state index in [0.717, 1.165) is 65.0 Å². The van der Waals surface area contributed by atoms with Crippen molar-refractivity contribution in [1.82, 2.24) is 33.7 Å². The van der Waals surface area contributed by atoms with Crippen LogP contribution in [0, 0.1) is 17.2 Å². The fraction of sp³-hybridized carbons (Fsp3) is 0.676. The number of likely N-dealkylation sites (tertiary alicyclic amines) is 1. The monoisotopic (exact) mass is 722 g/mol. The fourth-order valence-electron chi connectivity index (χ4n) is 7.88. The molecule has 0 unspecified atom stereocenters. The third kappa shape index (κ3) is 8.31. The zero-order chi connectivity index (χ0) is 34.1. The van der Waals surface area contributed by atoms with Gasteiger partial charge in [-0.1, -0.05) is 0 Å². The predicted octanol–water partition coefficient (Wildman–Crippen LogP) is 3.85. The van der Waals surface area contributed by atoms with Gasteiger partial charge in [-0.15, -0.1) is 12.4 Å². The summed E-state index contributed by atoms with van der Waals surface area (Å²) in [4.78, 5) is 28.7. The molecule has 1 spiro atoms. The Morgan fingerprint density at radius 2 is 1.78 bits per heavy atom. The highest BCUT2D eigenvalue weighted by Crippen LogP contribution is 2.45. The van der Waals surface area contributed by atoms with Crippen LogP contribution in [0.15, 0.2) is 30.7 Å². The highest BCUT2D eigenvalue weighted by Gasteiger charge is 2.47. The lowest BCUT2D eigenvalue weighted by atomic mass is 9.72. The quantitative estimate of drug-likeness (QED) is 0.391. The van der Waals surface area contributed by atoms with E-state index in [2.05, 4.69) is 25.1 Å². The molecule has 15 heteroatoms. The van der Waals surface area contributed by atoms with E-state index >= 15 is 0 Å². The Balaban J connectivity index is 0.00000468. The first kappa shape index (κ1) is 37.6. The highest BCUT2D eigenvalue weighted by molar-refractivity contribution is 7.86. The van der Waals surface area contributed by atoms with Gasteiger partial charge in [-0.05, 0) is 97.1 Å². The van der Waals surface area contributed by atoms with Crippen LogP contribution in [0.1, 0.15) is 63.7 Å². The predicted molar refractivity (Wildman–Crippen MR) is 190 cm³/mol. The van der Waals surface area contributed by atoms with Crippen LogP contribution in [0.5, 0.6) is 11.5 Å². The first-order valence-corrected chi connectivity index (χ1v) is 18.9. The lowest BCUT2D eigenvalue weighted by Gasteiger charge is -2.54. The topological polar surface area (TPSA) is 114 Å². The Bertz CT molecular complexity index is 1530. The molecule has 1 aromatic heterocycles. The van der Waals surface area contributed by atoms with Crippen LogP contribution >= 0.6 is 12.4 Å². The fourth-order valence-corrected chi connectivity index (χ4v) is 9.62. The summed E-state index contributed by atoms with van der Waals surface area (Å²) < 4.78 is 50.6. The largest absolute Gasteiger partial charge is 0.451 e. The molecule has 4 fully saturated rings. The summed E-state index contributed by atoms with van der Waals surface area (Å²) in [5.74, 6) is 0.938. The Labute approximate surface area is 297 Å². The van der Waals surface area contributed by atoms with Gasteiger partial charge in [0.15, 0.2) is 11.6 Å². The maximum atomic E-state index is 14.4. The molecular weight excluding hydrogens is 671 g/mol. The van der Waals surface area contributed by atoms with Crippen molar-refractivity contribution < 1.29 is 22.3 Å². The first-order valence-electron chi connectivity index (χ1n) is 17.5. The van der Waals surface area contributed by atoms with E-state index < -0.39 is 16.0 Å². The molecule has 1 N–H and O–H groups in total. The van der Waals surface area contributed by atoms with Gasteiger partial charge in [-0.3, -0.25) is 4.79 Å². The summed E-state index contributed by atoms with van der Waals surface area (Å²) in [7, 11) is -3.40. The Morgan fingerprint density at radius 1 is 1.04 bits per heavy atom. The van der Waals surface area contributed by atoms with E-state index in [-0.39, 0.29) is 47.1 Å². The molecule has 6 rings (SSSR count). The van der Waals surface area contributed by atoms with Crippen LogP contribution < -0.4 is 15.0 Å². The van der Waals surface area contributed by atoms with Crippen LogP contribution in [0.3, 0.4) is 0 Å². The molecule has 0 bridgehead atoms. The molecule has 49 heavy (non-hydrogen) atoms. The smallest absolute Gasteiger partial charge is 0.282 e. The number of aromatic nitrogens is 2. The minimum atomic E-state index is -3.40. The van der Waals surface area contributed by atoms with Crippen molar-refractivity contribution in [1.29, 1.82) is 0 Å². The minimum Gasteiger partial charge on any atom is -0.451 e. The van der Waals surface area contributed by atoms with Crippen molar-refractivity contribution >= 4 is 34.3 Å². The van der Waals surface area contributed by atoms with E-state index in [4.69, 9.17) is 4.74 Å². The summed E-state index contributed by atoms with van der Waals surface area (Å²) in [6.45, 7) is 16.3. The zero-order valence-electron chi connectivity index (χ0n) is 29.2. The SMILES string of the molecule is CC(C)N(C(=O)c1cc(F)ccc1Oc1cncnc1N1CC2(CCN(C[C@@H]3CCN(S(=O)(=O)N4CCCNCC4)C3)CC2)C1)C(C)C.Cl. The number of nitrogens with one attached hydrogen (secondary N) is 1. The number of carbonyl (C=O) groups is 1. The van der Waals surface area contributed by atoms with E-state index in [1.165, 1.54) is 24.5 Å². The third-order valence-corrected chi connectivity index (χ3v) is 12.4. The second kappa shape index (κ2) is 15.7. The minimum absolute atomic E-state index is 0. The molecule has 4 aliphatic rings. The number of anilines is 1.